The number of pyridine rings is 1. The van der Waals surface area contributed by atoms with E-state index in [2.05, 4.69) is 34.6 Å². The van der Waals surface area contributed by atoms with Crippen LogP contribution in [0.3, 0.4) is 0 Å². The Morgan fingerprint density at radius 1 is 1.05 bits per heavy atom. The fraction of sp³-hybridized carbons (Fsp3) is 0.455. The summed E-state index contributed by atoms with van der Waals surface area (Å²) in [7, 11) is 0. The number of carbonyl (C=O) groups is 1. The predicted molar refractivity (Wildman–Crippen MR) is 155 cm³/mol. The summed E-state index contributed by atoms with van der Waals surface area (Å²) in [6.07, 6.45) is 12.4. The van der Waals surface area contributed by atoms with Gasteiger partial charge in [-0.05, 0) is 117 Å². The van der Waals surface area contributed by atoms with E-state index in [0.717, 1.165) is 56.4 Å². The maximum atomic E-state index is 12.6. The van der Waals surface area contributed by atoms with Gasteiger partial charge in [-0.3, -0.25) is 4.98 Å². The third kappa shape index (κ3) is 5.02. The van der Waals surface area contributed by atoms with Crippen LogP contribution in [0.2, 0.25) is 5.02 Å². The molecular formula is C33H37ClN2O3. The molecule has 39 heavy (non-hydrogen) atoms. The van der Waals surface area contributed by atoms with E-state index in [1.807, 2.05) is 36.5 Å². The van der Waals surface area contributed by atoms with Crippen molar-refractivity contribution in [1.82, 2.24) is 4.98 Å². The second-order valence-electron chi connectivity index (χ2n) is 11.7. The Balaban J connectivity index is 1.16. The van der Waals surface area contributed by atoms with E-state index in [1.165, 1.54) is 35.2 Å². The second-order valence-corrected chi connectivity index (χ2v) is 12.1. The summed E-state index contributed by atoms with van der Waals surface area (Å²) < 4.78 is 6.32. The maximum absolute atomic E-state index is 12.6. The van der Waals surface area contributed by atoms with Gasteiger partial charge in [0.1, 0.15) is 11.3 Å². The van der Waals surface area contributed by atoms with Crippen molar-refractivity contribution in [2.75, 3.05) is 11.9 Å². The molecule has 1 saturated carbocycles. The van der Waals surface area contributed by atoms with Gasteiger partial charge >= 0.3 is 5.97 Å². The molecule has 3 aliphatic carbocycles. The van der Waals surface area contributed by atoms with Gasteiger partial charge in [0.25, 0.3) is 0 Å². The van der Waals surface area contributed by atoms with E-state index >= 15 is 0 Å². The summed E-state index contributed by atoms with van der Waals surface area (Å²) >= 11 is 6.19. The number of ether oxygens (including phenoxy) is 1. The van der Waals surface area contributed by atoms with E-state index in [4.69, 9.17) is 16.3 Å². The predicted octanol–water partition coefficient (Wildman–Crippen LogP) is 7.39. The first-order chi connectivity index (χ1) is 19.0. The van der Waals surface area contributed by atoms with Gasteiger partial charge < -0.3 is 15.2 Å². The Morgan fingerprint density at radius 2 is 1.87 bits per heavy atom. The summed E-state index contributed by atoms with van der Waals surface area (Å²) in [4.78, 5) is 17.2. The molecule has 0 bridgehead atoms. The smallest absolute Gasteiger partial charge is 0.329 e. The van der Waals surface area contributed by atoms with Crippen LogP contribution in [0.5, 0.6) is 5.75 Å². The molecule has 6 heteroatoms. The van der Waals surface area contributed by atoms with Gasteiger partial charge in [-0.25, -0.2) is 4.79 Å². The number of benzene rings is 2. The van der Waals surface area contributed by atoms with Crippen LogP contribution in [0.1, 0.15) is 73.8 Å². The molecule has 0 amide bonds. The highest BCUT2D eigenvalue weighted by Gasteiger charge is 2.53. The fourth-order valence-corrected chi connectivity index (χ4v) is 7.71. The number of aliphatic carboxylic acids is 1. The molecule has 0 radical (unpaired) electrons. The van der Waals surface area contributed by atoms with Crippen molar-refractivity contribution in [1.29, 1.82) is 0 Å². The van der Waals surface area contributed by atoms with Crippen molar-refractivity contribution in [3.05, 3.63) is 88.2 Å². The van der Waals surface area contributed by atoms with Crippen molar-refractivity contribution < 1.29 is 14.6 Å². The highest BCUT2D eigenvalue weighted by molar-refractivity contribution is 6.30. The van der Waals surface area contributed by atoms with E-state index in [-0.39, 0.29) is 5.41 Å². The van der Waals surface area contributed by atoms with Crippen LogP contribution in [-0.4, -0.2) is 28.2 Å². The minimum atomic E-state index is -0.985. The Hall–Kier alpha value is -3.05. The lowest BCUT2D eigenvalue weighted by Gasteiger charge is -2.47. The highest BCUT2D eigenvalue weighted by atomic mass is 35.5. The molecule has 3 aliphatic rings. The number of nitrogens with one attached hydrogen (secondary N) is 1. The Morgan fingerprint density at radius 3 is 2.69 bits per heavy atom. The molecule has 3 aromatic rings. The molecule has 2 N–H and O–H groups in total. The molecule has 1 heterocycles. The molecule has 204 valence electrons. The van der Waals surface area contributed by atoms with Gasteiger partial charge in [0, 0.05) is 28.2 Å². The normalized spacial score (nSPS) is 25.6. The van der Waals surface area contributed by atoms with Crippen LogP contribution < -0.4 is 10.1 Å². The quantitative estimate of drug-likeness (QED) is 0.289. The van der Waals surface area contributed by atoms with Crippen molar-refractivity contribution in [2.24, 2.45) is 5.92 Å². The standard InChI is InChI=1S/C33H37ClN2O3/c34-25-9-5-10-26(22-25)36-33(31(37)38)17-15-32(16-18-33)24(21-23-7-1-3-12-28(23)32)8-6-20-39-30-14-19-35-29-13-4-2-11-27(29)30/h1,3,5,7,9-10,12,14,19,22,24,36H,2,4,6,8,11,13,15-18,20-21H2,(H,37,38). The molecule has 0 aliphatic heterocycles. The van der Waals surface area contributed by atoms with Gasteiger partial charge in [-0.15, -0.1) is 0 Å². The summed E-state index contributed by atoms with van der Waals surface area (Å²) in [6.45, 7) is 0.703. The monoisotopic (exact) mass is 544 g/mol. The molecular weight excluding hydrogens is 508 g/mol. The van der Waals surface area contributed by atoms with Gasteiger partial charge in [0.05, 0.1) is 6.61 Å². The number of hydrogen-bond donors (Lipinski definition) is 2. The number of anilines is 1. The van der Waals surface area contributed by atoms with Gasteiger partial charge in [0.15, 0.2) is 0 Å². The van der Waals surface area contributed by atoms with E-state index < -0.39 is 11.5 Å². The second kappa shape index (κ2) is 10.8. The third-order valence-corrected chi connectivity index (χ3v) is 9.80. The fourth-order valence-electron chi connectivity index (χ4n) is 7.52. The number of rotatable bonds is 8. The Bertz CT molecular complexity index is 1350. The average Bonchev–Trinajstić information content (AvgIpc) is 3.25. The molecule has 0 saturated heterocycles. The Labute approximate surface area is 236 Å². The first-order valence-electron chi connectivity index (χ1n) is 14.4. The summed E-state index contributed by atoms with van der Waals surface area (Å²) in [5.41, 5.74) is 5.17. The lowest BCUT2D eigenvalue weighted by atomic mass is 9.60. The van der Waals surface area contributed by atoms with E-state index in [9.17, 15) is 9.90 Å². The number of hydrogen-bond acceptors (Lipinski definition) is 4. The lowest BCUT2D eigenvalue weighted by Crippen LogP contribution is -2.53. The molecule has 1 unspecified atom stereocenters. The van der Waals surface area contributed by atoms with Crippen LogP contribution in [0.4, 0.5) is 5.69 Å². The average molecular weight is 545 g/mol. The topological polar surface area (TPSA) is 71.5 Å². The number of nitrogens with zero attached hydrogens (tertiary/aromatic N) is 1. The van der Waals surface area contributed by atoms with Crippen LogP contribution in [0.15, 0.2) is 60.8 Å². The third-order valence-electron chi connectivity index (χ3n) is 9.56. The van der Waals surface area contributed by atoms with Crippen LogP contribution in [-0.2, 0) is 29.5 Å². The zero-order valence-electron chi connectivity index (χ0n) is 22.4. The molecule has 1 atom stereocenters. The van der Waals surface area contributed by atoms with Gasteiger partial charge in [-0.1, -0.05) is 41.9 Å². The zero-order valence-corrected chi connectivity index (χ0v) is 23.2. The minimum absolute atomic E-state index is 0.0153. The molecule has 1 spiro atoms. The SMILES string of the molecule is O=C(O)C1(Nc2cccc(Cl)c2)CCC2(CC1)c1ccccc1CC2CCCOc1ccnc2c1CCCC2. The number of carboxylic acids is 1. The van der Waals surface area contributed by atoms with Crippen molar-refractivity contribution in [3.63, 3.8) is 0 Å². The van der Waals surface area contributed by atoms with Crippen LogP contribution in [0.25, 0.3) is 0 Å². The largest absolute Gasteiger partial charge is 0.493 e. The van der Waals surface area contributed by atoms with Crippen molar-refractivity contribution in [2.45, 2.75) is 81.6 Å². The van der Waals surface area contributed by atoms with Crippen molar-refractivity contribution >= 4 is 23.3 Å². The molecule has 5 nitrogen and oxygen atoms in total. The van der Waals surface area contributed by atoms with Crippen molar-refractivity contribution in [3.8, 4) is 5.75 Å². The summed E-state index contributed by atoms with van der Waals surface area (Å²) in [6, 6.07) is 18.2. The maximum Gasteiger partial charge on any atom is 0.329 e. The minimum Gasteiger partial charge on any atom is -0.493 e. The summed E-state index contributed by atoms with van der Waals surface area (Å²) in [5, 5.41) is 14.3. The van der Waals surface area contributed by atoms with Gasteiger partial charge in [0.2, 0.25) is 0 Å². The van der Waals surface area contributed by atoms with E-state index in [1.54, 1.807) is 0 Å². The zero-order chi connectivity index (χ0) is 26.9. The number of carboxylic acid groups (broad SMARTS) is 1. The van der Waals surface area contributed by atoms with Gasteiger partial charge in [-0.2, -0.15) is 0 Å². The first kappa shape index (κ1) is 26.2. The highest BCUT2D eigenvalue weighted by Crippen LogP contribution is 2.55. The number of aromatic nitrogens is 1. The van der Waals surface area contributed by atoms with Crippen LogP contribution in [0, 0.1) is 5.92 Å². The molecule has 6 rings (SSSR count). The number of aryl methyl sites for hydroxylation is 1. The van der Waals surface area contributed by atoms with E-state index in [0.29, 0.717) is 30.4 Å². The number of fused-ring (bicyclic) bond motifs is 3. The molecule has 1 aromatic heterocycles. The molecule has 2 aromatic carbocycles. The Kier molecular flexibility index (Phi) is 7.28. The number of halogens is 1. The first-order valence-corrected chi connectivity index (χ1v) is 14.8. The molecule has 1 fully saturated rings. The van der Waals surface area contributed by atoms with Crippen LogP contribution >= 0.6 is 11.6 Å². The lowest BCUT2D eigenvalue weighted by molar-refractivity contribution is -0.144. The summed E-state index contributed by atoms with van der Waals surface area (Å²) in [5.74, 6) is 0.720.